The smallest absolute Gasteiger partial charge is 0.256 e. The van der Waals surface area contributed by atoms with Gasteiger partial charge in [0.15, 0.2) is 5.65 Å². The van der Waals surface area contributed by atoms with Gasteiger partial charge in [-0.05, 0) is 44.7 Å². The first-order chi connectivity index (χ1) is 15.5. The van der Waals surface area contributed by atoms with Crippen molar-refractivity contribution in [1.82, 2.24) is 29.1 Å². The molecule has 0 aliphatic heterocycles. The maximum absolute atomic E-state index is 13.0. The second-order valence-corrected chi connectivity index (χ2v) is 8.22. The number of aryl methyl sites for hydroxylation is 1. The average Bonchev–Trinajstić information content (AvgIpc) is 3.34. The summed E-state index contributed by atoms with van der Waals surface area (Å²) < 4.78 is 34.8. The summed E-state index contributed by atoms with van der Waals surface area (Å²) in [6.45, 7) is 1.30. The van der Waals surface area contributed by atoms with Crippen LogP contribution in [-0.4, -0.2) is 54.8 Å². The number of imidazole rings is 1. The molecule has 0 spiro atoms. The quantitative estimate of drug-likeness (QED) is 0.486. The fourth-order valence-corrected chi connectivity index (χ4v) is 4.47. The third kappa shape index (κ3) is 3.90. The van der Waals surface area contributed by atoms with Crippen molar-refractivity contribution in [2.45, 2.75) is 57.7 Å². The summed E-state index contributed by atoms with van der Waals surface area (Å²) in [6.07, 6.45) is 7.33. The minimum atomic E-state index is -2.46. The van der Waals surface area contributed by atoms with Gasteiger partial charge in [0.1, 0.15) is 5.82 Å². The molecule has 0 saturated heterocycles. The normalized spacial score (nSPS) is 19.3. The van der Waals surface area contributed by atoms with Crippen molar-refractivity contribution in [3.63, 3.8) is 0 Å². The number of hydrogen-bond acceptors (Lipinski definition) is 6. The molecule has 4 aromatic rings. The predicted molar refractivity (Wildman–Crippen MR) is 117 cm³/mol. The molecule has 168 valence electrons. The zero-order valence-electron chi connectivity index (χ0n) is 18.0. The lowest BCUT2D eigenvalue weighted by molar-refractivity contribution is 0.0681. The van der Waals surface area contributed by atoms with Crippen LogP contribution < -0.4 is 5.32 Å². The van der Waals surface area contributed by atoms with Crippen molar-refractivity contribution >= 4 is 22.6 Å². The van der Waals surface area contributed by atoms with Gasteiger partial charge in [0.05, 0.1) is 29.9 Å². The maximum Gasteiger partial charge on any atom is 0.256 e. The number of fused-ring (bicyclic) bond motifs is 2. The van der Waals surface area contributed by atoms with Crippen LogP contribution >= 0.6 is 0 Å². The Labute approximate surface area is 183 Å². The van der Waals surface area contributed by atoms with Gasteiger partial charge < -0.3 is 14.6 Å². The molecule has 8 nitrogen and oxygen atoms in total. The zero-order chi connectivity index (χ0) is 22.2. The largest absolute Gasteiger partial charge is 0.381 e. The van der Waals surface area contributed by atoms with Crippen molar-refractivity contribution < 1.29 is 13.5 Å². The first kappa shape index (κ1) is 20.7. The van der Waals surface area contributed by atoms with E-state index in [9.17, 15) is 8.78 Å². The van der Waals surface area contributed by atoms with E-state index in [0.717, 1.165) is 42.3 Å². The van der Waals surface area contributed by atoms with Gasteiger partial charge in [-0.15, -0.1) is 5.10 Å². The standard InChI is InChI=1S/C22H25F2N7O/c1-13-27-21-18(30(13)12-20(23)24)9-14(10-25-21)17-7-8-31-19(17)11-26-22(29-31)28-15-3-5-16(32-2)6-4-15/h7-11,15-16,20H,3-6,12H2,1-2H3,(H,28,29). The molecule has 1 N–H and O–H groups in total. The molecule has 0 bridgehead atoms. The van der Waals surface area contributed by atoms with E-state index in [4.69, 9.17) is 4.74 Å². The fraction of sp³-hybridized carbons (Fsp3) is 0.455. The molecule has 5 rings (SSSR count). The molecule has 1 aliphatic carbocycles. The van der Waals surface area contributed by atoms with Crippen LogP contribution in [0.1, 0.15) is 31.5 Å². The number of ether oxygens (including phenoxy) is 1. The van der Waals surface area contributed by atoms with Gasteiger partial charge in [-0.2, -0.15) is 0 Å². The van der Waals surface area contributed by atoms with Crippen molar-refractivity contribution in [1.29, 1.82) is 0 Å². The predicted octanol–water partition coefficient (Wildman–Crippen LogP) is 4.08. The lowest BCUT2D eigenvalue weighted by Crippen LogP contribution is -2.30. The molecule has 0 atom stereocenters. The van der Waals surface area contributed by atoms with Crippen LogP contribution in [0.5, 0.6) is 0 Å². The van der Waals surface area contributed by atoms with Crippen LogP contribution in [0.4, 0.5) is 14.7 Å². The van der Waals surface area contributed by atoms with Gasteiger partial charge in [-0.25, -0.2) is 28.2 Å². The SMILES string of the molecule is COC1CCC(Nc2ncc3c(-c4cnc5nc(C)n(CC(F)F)c5c4)ccn3n2)CC1. The van der Waals surface area contributed by atoms with E-state index in [1.807, 2.05) is 18.3 Å². The van der Waals surface area contributed by atoms with E-state index in [-0.39, 0.29) is 0 Å². The molecule has 0 amide bonds. The summed E-state index contributed by atoms with van der Waals surface area (Å²) in [5.74, 6) is 1.10. The highest BCUT2D eigenvalue weighted by molar-refractivity contribution is 5.85. The van der Waals surface area contributed by atoms with Crippen LogP contribution in [0.15, 0.2) is 30.7 Å². The topological polar surface area (TPSA) is 82.2 Å². The van der Waals surface area contributed by atoms with E-state index in [1.54, 1.807) is 30.9 Å². The van der Waals surface area contributed by atoms with E-state index < -0.39 is 13.0 Å². The van der Waals surface area contributed by atoms with Crippen LogP contribution in [0.25, 0.3) is 27.8 Å². The Morgan fingerprint density at radius 1 is 1.16 bits per heavy atom. The van der Waals surface area contributed by atoms with Gasteiger partial charge in [-0.1, -0.05) is 0 Å². The van der Waals surface area contributed by atoms with E-state index in [0.29, 0.717) is 35.1 Å². The van der Waals surface area contributed by atoms with Crippen LogP contribution in [0.3, 0.4) is 0 Å². The fourth-order valence-electron chi connectivity index (χ4n) is 4.47. The number of methoxy groups -OCH3 is 1. The number of hydrogen-bond donors (Lipinski definition) is 1. The number of pyridine rings is 1. The van der Waals surface area contributed by atoms with Crippen LogP contribution in [0.2, 0.25) is 0 Å². The summed E-state index contributed by atoms with van der Waals surface area (Å²) in [6, 6.07) is 4.11. The summed E-state index contributed by atoms with van der Waals surface area (Å²) in [5, 5.41) is 8.03. The van der Waals surface area contributed by atoms with Crippen molar-refractivity contribution in [2.24, 2.45) is 0 Å². The summed E-state index contributed by atoms with van der Waals surface area (Å²) in [5.41, 5.74) is 3.55. The summed E-state index contributed by atoms with van der Waals surface area (Å²) >= 11 is 0. The highest BCUT2D eigenvalue weighted by Crippen LogP contribution is 2.28. The Bertz CT molecular complexity index is 1240. The van der Waals surface area contributed by atoms with Crippen molar-refractivity contribution in [3.05, 3.63) is 36.5 Å². The highest BCUT2D eigenvalue weighted by Gasteiger charge is 2.21. The van der Waals surface area contributed by atoms with Crippen LogP contribution in [-0.2, 0) is 11.3 Å². The Hall–Kier alpha value is -3.14. The Morgan fingerprint density at radius 3 is 2.72 bits per heavy atom. The Kier molecular flexibility index (Phi) is 5.46. The molecular weight excluding hydrogens is 416 g/mol. The number of alkyl halides is 2. The number of aromatic nitrogens is 6. The molecule has 0 radical (unpaired) electrons. The molecule has 0 aromatic carbocycles. The lowest BCUT2D eigenvalue weighted by atomic mass is 9.93. The van der Waals surface area contributed by atoms with Crippen molar-refractivity contribution in [3.8, 4) is 11.1 Å². The zero-order valence-corrected chi connectivity index (χ0v) is 18.0. The third-order valence-corrected chi connectivity index (χ3v) is 6.19. The molecular formula is C22H25F2N7O. The Balaban J connectivity index is 1.42. The third-order valence-electron chi connectivity index (χ3n) is 6.19. The monoisotopic (exact) mass is 441 g/mol. The minimum Gasteiger partial charge on any atom is -0.381 e. The van der Waals surface area contributed by atoms with Gasteiger partial charge in [0.25, 0.3) is 6.43 Å². The second-order valence-electron chi connectivity index (χ2n) is 8.22. The molecule has 1 aliphatic rings. The first-order valence-electron chi connectivity index (χ1n) is 10.8. The number of halogens is 2. The van der Waals surface area contributed by atoms with Gasteiger partial charge in [0, 0.05) is 36.7 Å². The molecule has 0 unspecified atom stereocenters. The number of nitrogens with zero attached hydrogens (tertiary/aromatic N) is 6. The molecule has 4 heterocycles. The summed E-state index contributed by atoms with van der Waals surface area (Å²) in [7, 11) is 1.76. The lowest BCUT2D eigenvalue weighted by Gasteiger charge is -2.28. The molecule has 1 saturated carbocycles. The average molecular weight is 441 g/mol. The number of rotatable bonds is 6. The van der Waals surface area contributed by atoms with Gasteiger partial charge in [-0.3, -0.25) is 0 Å². The van der Waals surface area contributed by atoms with Crippen molar-refractivity contribution in [2.75, 3.05) is 12.4 Å². The van der Waals surface area contributed by atoms with E-state index in [2.05, 4.69) is 25.4 Å². The highest BCUT2D eigenvalue weighted by atomic mass is 19.3. The molecule has 32 heavy (non-hydrogen) atoms. The number of nitrogens with one attached hydrogen (secondary N) is 1. The van der Waals surface area contributed by atoms with Crippen LogP contribution in [0, 0.1) is 6.92 Å². The minimum absolute atomic E-state index is 0.332. The van der Waals surface area contributed by atoms with E-state index >= 15 is 0 Å². The number of anilines is 1. The molecule has 1 fully saturated rings. The molecule has 10 heteroatoms. The maximum atomic E-state index is 13.0. The second kappa shape index (κ2) is 8.42. The Morgan fingerprint density at radius 2 is 1.97 bits per heavy atom. The molecule has 4 aromatic heterocycles. The van der Waals surface area contributed by atoms with E-state index in [1.165, 1.54) is 4.57 Å². The summed E-state index contributed by atoms with van der Waals surface area (Å²) in [4.78, 5) is 13.2. The first-order valence-corrected chi connectivity index (χ1v) is 10.8. The van der Waals surface area contributed by atoms with Gasteiger partial charge >= 0.3 is 0 Å². The van der Waals surface area contributed by atoms with Gasteiger partial charge in [0.2, 0.25) is 5.95 Å².